The quantitative estimate of drug-likeness (QED) is 0.198. The van der Waals surface area contributed by atoms with E-state index in [-0.39, 0.29) is 24.5 Å². The Morgan fingerprint density at radius 2 is 2.08 bits per heavy atom. The Kier molecular flexibility index (Phi) is 11.5. The van der Waals surface area contributed by atoms with Crippen molar-refractivity contribution in [3.8, 4) is 5.75 Å². The van der Waals surface area contributed by atoms with Crippen molar-refractivity contribution in [2.45, 2.75) is 70.4 Å². The third-order valence-electron chi connectivity index (χ3n) is 6.92. The van der Waals surface area contributed by atoms with E-state index in [1.165, 1.54) is 0 Å². The van der Waals surface area contributed by atoms with Crippen LogP contribution < -0.4 is 15.4 Å². The minimum atomic E-state index is 0.0689. The van der Waals surface area contributed by atoms with Gasteiger partial charge in [0.25, 0.3) is 0 Å². The lowest BCUT2D eigenvalue weighted by molar-refractivity contribution is -0.253. The Morgan fingerprint density at radius 3 is 2.78 bits per heavy atom. The highest BCUT2D eigenvalue weighted by Crippen LogP contribution is 2.29. The highest BCUT2D eigenvalue weighted by molar-refractivity contribution is 5.79. The SMILES string of the molecule is C=CCN/C(=C\CC)Nc1cnc(CC(=O)N2CCCC2COC2CCC(COO)CC2)cc1OC. The second-order valence-corrected chi connectivity index (χ2v) is 9.53. The molecule has 9 heteroatoms. The minimum Gasteiger partial charge on any atom is -0.494 e. The second-order valence-electron chi connectivity index (χ2n) is 9.53. The van der Waals surface area contributed by atoms with Crippen molar-refractivity contribution in [1.82, 2.24) is 15.2 Å². The Labute approximate surface area is 214 Å². The molecule has 2 aliphatic rings. The number of pyridine rings is 1. The Balaban J connectivity index is 1.54. The van der Waals surface area contributed by atoms with Crippen molar-refractivity contribution in [1.29, 1.82) is 0 Å². The average molecular weight is 503 g/mol. The fourth-order valence-corrected chi connectivity index (χ4v) is 4.95. The van der Waals surface area contributed by atoms with Crippen molar-refractivity contribution in [3.05, 3.63) is 42.5 Å². The molecule has 3 rings (SSSR count). The first-order valence-electron chi connectivity index (χ1n) is 13.1. The molecule has 1 amide bonds. The number of carbonyl (C=O) groups excluding carboxylic acids is 1. The number of rotatable bonds is 14. The Morgan fingerprint density at radius 1 is 1.28 bits per heavy atom. The van der Waals surface area contributed by atoms with Gasteiger partial charge in [-0.05, 0) is 56.9 Å². The van der Waals surface area contributed by atoms with E-state index >= 15 is 0 Å². The number of ether oxygens (including phenoxy) is 2. The summed E-state index contributed by atoms with van der Waals surface area (Å²) in [5, 5.41) is 15.2. The molecule has 2 heterocycles. The van der Waals surface area contributed by atoms with Crippen LogP contribution in [0, 0.1) is 5.92 Å². The van der Waals surface area contributed by atoms with Crippen molar-refractivity contribution in [2.75, 3.05) is 38.7 Å². The van der Waals surface area contributed by atoms with Crippen LogP contribution in [0.4, 0.5) is 5.69 Å². The maximum Gasteiger partial charge on any atom is 0.228 e. The molecule has 1 aliphatic carbocycles. The first-order valence-corrected chi connectivity index (χ1v) is 13.1. The predicted molar refractivity (Wildman–Crippen MR) is 140 cm³/mol. The van der Waals surface area contributed by atoms with Gasteiger partial charge >= 0.3 is 0 Å². The molecule has 1 saturated heterocycles. The van der Waals surface area contributed by atoms with Gasteiger partial charge in [0.2, 0.25) is 5.91 Å². The fourth-order valence-electron chi connectivity index (χ4n) is 4.95. The zero-order chi connectivity index (χ0) is 25.8. The van der Waals surface area contributed by atoms with E-state index in [0.29, 0.717) is 37.1 Å². The van der Waals surface area contributed by atoms with E-state index in [0.717, 1.165) is 63.0 Å². The van der Waals surface area contributed by atoms with Gasteiger partial charge in [0.1, 0.15) is 11.4 Å². The van der Waals surface area contributed by atoms with Crippen LogP contribution in [-0.4, -0.2) is 66.6 Å². The van der Waals surface area contributed by atoms with Gasteiger partial charge in [-0.2, -0.15) is 0 Å². The summed E-state index contributed by atoms with van der Waals surface area (Å²) in [5.74, 6) is 1.97. The number of nitrogens with zero attached hydrogens (tertiary/aromatic N) is 2. The molecule has 1 saturated carbocycles. The summed E-state index contributed by atoms with van der Waals surface area (Å²) in [7, 11) is 1.62. The first-order chi connectivity index (χ1) is 17.6. The van der Waals surface area contributed by atoms with Crippen LogP contribution in [0.3, 0.4) is 0 Å². The number of nitrogens with one attached hydrogen (secondary N) is 2. The summed E-state index contributed by atoms with van der Waals surface area (Å²) in [4.78, 5) is 23.9. The Hall–Kier alpha value is -2.62. The number of likely N-dealkylation sites (tertiary alicyclic amines) is 1. The monoisotopic (exact) mass is 502 g/mol. The smallest absolute Gasteiger partial charge is 0.228 e. The zero-order valence-corrected chi connectivity index (χ0v) is 21.7. The van der Waals surface area contributed by atoms with Crippen LogP contribution in [0.5, 0.6) is 5.75 Å². The molecule has 0 bridgehead atoms. The van der Waals surface area contributed by atoms with E-state index in [2.05, 4.69) is 34.0 Å². The summed E-state index contributed by atoms with van der Waals surface area (Å²) < 4.78 is 11.8. The highest BCUT2D eigenvalue weighted by atomic mass is 17.1. The number of anilines is 1. The maximum atomic E-state index is 13.2. The number of methoxy groups -OCH3 is 1. The van der Waals surface area contributed by atoms with Crippen LogP contribution >= 0.6 is 0 Å². The average Bonchev–Trinajstić information content (AvgIpc) is 3.37. The summed E-state index contributed by atoms with van der Waals surface area (Å²) >= 11 is 0. The number of aromatic nitrogens is 1. The maximum absolute atomic E-state index is 13.2. The fraction of sp³-hybridized carbons (Fsp3) is 0.630. The highest BCUT2D eigenvalue weighted by Gasteiger charge is 2.31. The van der Waals surface area contributed by atoms with Gasteiger partial charge in [0.05, 0.1) is 56.6 Å². The summed E-state index contributed by atoms with van der Waals surface area (Å²) in [5.41, 5.74) is 1.41. The second kappa shape index (κ2) is 14.8. The molecule has 0 radical (unpaired) electrons. The van der Waals surface area contributed by atoms with Gasteiger partial charge in [-0.1, -0.05) is 13.0 Å². The molecule has 1 unspecified atom stereocenters. The molecular formula is C27H42N4O5. The van der Waals surface area contributed by atoms with Crippen LogP contribution in [-0.2, 0) is 20.8 Å². The number of hydrogen-bond acceptors (Lipinski definition) is 8. The largest absolute Gasteiger partial charge is 0.494 e. The van der Waals surface area contributed by atoms with Gasteiger partial charge in [0, 0.05) is 19.2 Å². The van der Waals surface area contributed by atoms with Crippen LogP contribution in [0.2, 0.25) is 0 Å². The van der Waals surface area contributed by atoms with E-state index in [9.17, 15) is 4.79 Å². The first kappa shape index (κ1) is 28.0. The van der Waals surface area contributed by atoms with Crippen LogP contribution in [0.15, 0.2) is 36.8 Å². The van der Waals surface area contributed by atoms with Gasteiger partial charge in [0.15, 0.2) is 0 Å². The number of hydrogen-bond donors (Lipinski definition) is 3. The summed E-state index contributed by atoms with van der Waals surface area (Å²) in [6.07, 6.45) is 12.8. The van der Waals surface area contributed by atoms with E-state index in [4.69, 9.17) is 14.7 Å². The molecule has 0 aromatic carbocycles. The molecule has 2 fully saturated rings. The Bertz CT molecular complexity index is 870. The number of amides is 1. The summed E-state index contributed by atoms with van der Waals surface area (Å²) in [6.45, 7) is 8.18. The van der Waals surface area contributed by atoms with Gasteiger partial charge < -0.3 is 25.0 Å². The molecule has 1 aromatic heterocycles. The lowest BCUT2D eigenvalue weighted by Crippen LogP contribution is -2.40. The molecule has 9 nitrogen and oxygen atoms in total. The van der Waals surface area contributed by atoms with Gasteiger partial charge in [-0.15, -0.1) is 6.58 Å². The molecule has 1 aliphatic heterocycles. The lowest BCUT2D eigenvalue weighted by Gasteiger charge is -2.30. The molecule has 0 spiro atoms. The van der Waals surface area contributed by atoms with E-state index in [1.807, 2.05) is 17.0 Å². The zero-order valence-electron chi connectivity index (χ0n) is 21.7. The van der Waals surface area contributed by atoms with E-state index in [1.54, 1.807) is 19.4 Å². The molecule has 3 N–H and O–H groups in total. The van der Waals surface area contributed by atoms with Crippen molar-refractivity contribution < 1.29 is 24.4 Å². The van der Waals surface area contributed by atoms with Crippen molar-refractivity contribution in [3.63, 3.8) is 0 Å². The molecule has 1 aromatic rings. The van der Waals surface area contributed by atoms with Crippen molar-refractivity contribution >= 4 is 11.6 Å². The third kappa shape index (κ3) is 8.21. The summed E-state index contributed by atoms with van der Waals surface area (Å²) in [6, 6.07) is 1.93. The molecule has 200 valence electrons. The minimum absolute atomic E-state index is 0.0689. The molecule has 36 heavy (non-hydrogen) atoms. The normalized spacial score (nSPS) is 22.4. The standard InChI is InChI=1S/C27H42N4O5/c1-4-7-26(28-13-5-2)30-24-17-29-21(15-25(24)34-3)16-27(32)31-14-6-8-22(31)19-35-23-11-9-20(10-12-23)18-36-33/h5,7,15,17,20,22-23,28,30,33H,2,4,6,8-14,16,18-19H2,1,3H3/b26-7+. The number of carbonyl (C=O) groups is 1. The molecular weight excluding hydrogens is 460 g/mol. The van der Waals surface area contributed by atoms with Crippen LogP contribution in [0.1, 0.15) is 57.6 Å². The van der Waals surface area contributed by atoms with E-state index < -0.39 is 0 Å². The van der Waals surface area contributed by atoms with Crippen LogP contribution in [0.25, 0.3) is 0 Å². The topological polar surface area (TPSA) is 105 Å². The number of allylic oxidation sites excluding steroid dienone is 1. The van der Waals surface area contributed by atoms with Crippen molar-refractivity contribution in [2.24, 2.45) is 5.92 Å². The third-order valence-corrected chi connectivity index (χ3v) is 6.92. The predicted octanol–water partition coefficient (Wildman–Crippen LogP) is 4.13. The molecule has 1 atom stereocenters. The van der Waals surface area contributed by atoms with Gasteiger partial charge in [-0.3, -0.25) is 15.0 Å². The van der Waals surface area contributed by atoms with Gasteiger partial charge in [-0.25, -0.2) is 4.89 Å². The lowest BCUT2D eigenvalue weighted by atomic mass is 9.88.